The van der Waals surface area contributed by atoms with Crippen molar-refractivity contribution in [2.75, 3.05) is 13.7 Å². The smallest absolute Gasteiger partial charge is 0.166 e. The van der Waals surface area contributed by atoms with E-state index in [-0.39, 0.29) is 6.04 Å². The van der Waals surface area contributed by atoms with Gasteiger partial charge in [-0.2, -0.15) is 0 Å². The SMILES string of the molecule is COCC(C)NC(=S)NCc1ccc(Cl)s1. The fourth-order valence-corrected chi connectivity index (χ4v) is 2.48. The lowest BCUT2D eigenvalue weighted by Crippen LogP contribution is -2.41. The van der Waals surface area contributed by atoms with Crippen LogP contribution in [0.15, 0.2) is 12.1 Å². The Labute approximate surface area is 110 Å². The molecule has 1 aromatic heterocycles. The van der Waals surface area contributed by atoms with Gasteiger partial charge in [-0.3, -0.25) is 0 Å². The van der Waals surface area contributed by atoms with E-state index in [9.17, 15) is 0 Å². The number of hydrogen-bond donors (Lipinski definition) is 2. The zero-order valence-electron chi connectivity index (χ0n) is 9.25. The van der Waals surface area contributed by atoms with E-state index in [0.717, 1.165) is 9.21 Å². The van der Waals surface area contributed by atoms with Crippen molar-refractivity contribution in [2.24, 2.45) is 0 Å². The summed E-state index contributed by atoms with van der Waals surface area (Å²) in [4.78, 5) is 1.16. The minimum absolute atomic E-state index is 0.205. The summed E-state index contributed by atoms with van der Waals surface area (Å²) in [5, 5.41) is 6.88. The number of rotatable bonds is 5. The van der Waals surface area contributed by atoms with E-state index in [4.69, 9.17) is 28.6 Å². The lowest BCUT2D eigenvalue weighted by molar-refractivity contribution is 0.179. The summed E-state index contributed by atoms with van der Waals surface area (Å²) >= 11 is 12.5. The lowest BCUT2D eigenvalue weighted by Gasteiger charge is -2.15. The van der Waals surface area contributed by atoms with Crippen molar-refractivity contribution in [3.63, 3.8) is 0 Å². The zero-order chi connectivity index (χ0) is 12.0. The molecule has 1 unspecified atom stereocenters. The molecule has 0 aromatic carbocycles. The highest BCUT2D eigenvalue weighted by atomic mass is 35.5. The van der Waals surface area contributed by atoms with Crippen molar-refractivity contribution in [2.45, 2.75) is 19.5 Å². The van der Waals surface area contributed by atoms with Gasteiger partial charge in [0.05, 0.1) is 17.5 Å². The minimum atomic E-state index is 0.205. The molecular weight excluding hydrogens is 264 g/mol. The van der Waals surface area contributed by atoms with Gasteiger partial charge < -0.3 is 15.4 Å². The maximum Gasteiger partial charge on any atom is 0.166 e. The van der Waals surface area contributed by atoms with Gasteiger partial charge in [0.15, 0.2) is 5.11 Å². The fraction of sp³-hybridized carbons (Fsp3) is 0.500. The maximum atomic E-state index is 5.83. The van der Waals surface area contributed by atoms with E-state index >= 15 is 0 Å². The second-order valence-electron chi connectivity index (χ2n) is 3.39. The molecule has 1 atom stereocenters. The zero-order valence-corrected chi connectivity index (χ0v) is 11.6. The molecule has 0 aliphatic carbocycles. The van der Waals surface area contributed by atoms with Crippen LogP contribution in [0, 0.1) is 0 Å². The third-order valence-electron chi connectivity index (χ3n) is 1.85. The largest absolute Gasteiger partial charge is 0.383 e. The maximum absolute atomic E-state index is 5.83. The highest BCUT2D eigenvalue weighted by Crippen LogP contribution is 2.20. The van der Waals surface area contributed by atoms with E-state index < -0.39 is 0 Å². The average molecular weight is 279 g/mol. The number of methoxy groups -OCH3 is 1. The molecule has 0 bridgehead atoms. The van der Waals surface area contributed by atoms with Crippen molar-refractivity contribution < 1.29 is 4.74 Å². The Balaban J connectivity index is 2.25. The first kappa shape index (κ1) is 13.7. The molecule has 0 aliphatic rings. The van der Waals surface area contributed by atoms with Gasteiger partial charge in [-0.15, -0.1) is 11.3 Å². The molecule has 0 radical (unpaired) electrons. The molecule has 0 aliphatic heterocycles. The van der Waals surface area contributed by atoms with Crippen LogP contribution in [0.2, 0.25) is 4.34 Å². The normalized spacial score (nSPS) is 12.2. The number of hydrogen-bond acceptors (Lipinski definition) is 3. The molecule has 0 amide bonds. The van der Waals surface area contributed by atoms with Crippen LogP contribution in [0.3, 0.4) is 0 Å². The van der Waals surface area contributed by atoms with Crippen LogP contribution in [0.1, 0.15) is 11.8 Å². The molecule has 0 saturated carbocycles. The predicted molar refractivity (Wildman–Crippen MR) is 73.2 cm³/mol. The number of halogens is 1. The van der Waals surface area contributed by atoms with E-state index in [1.54, 1.807) is 18.4 Å². The third kappa shape index (κ3) is 5.12. The summed E-state index contributed by atoms with van der Waals surface area (Å²) < 4.78 is 5.80. The molecule has 0 fully saturated rings. The molecule has 6 heteroatoms. The summed E-state index contributed by atoms with van der Waals surface area (Å²) in [6.45, 7) is 3.34. The Morgan fingerprint density at radius 2 is 2.38 bits per heavy atom. The van der Waals surface area contributed by atoms with Crippen LogP contribution < -0.4 is 10.6 Å². The van der Waals surface area contributed by atoms with Gasteiger partial charge in [-0.1, -0.05) is 11.6 Å². The molecule has 0 saturated heterocycles. The topological polar surface area (TPSA) is 33.3 Å². The summed E-state index contributed by atoms with van der Waals surface area (Å²) in [7, 11) is 1.67. The van der Waals surface area contributed by atoms with Crippen LogP contribution in [0.5, 0.6) is 0 Å². The van der Waals surface area contributed by atoms with Crippen molar-refractivity contribution in [1.82, 2.24) is 10.6 Å². The Bertz CT molecular complexity index is 343. The molecule has 16 heavy (non-hydrogen) atoms. The van der Waals surface area contributed by atoms with Gasteiger partial charge in [-0.25, -0.2) is 0 Å². The monoisotopic (exact) mass is 278 g/mol. The molecule has 2 N–H and O–H groups in total. The number of thiocarbonyl (C=S) groups is 1. The highest BCUT2D eigenvalue weighted by molar-refractivity contribution is 7.80. The molecule has 1 rings (SSSR count). The lowest BCUT2D eigenvalue weighted by atomic mass is 10.4. The molecule has 90 valence electrons. The van der Waals surface area contributed by atoms with Crippen LogP contribution >= 0.6 is 35.2 Å². The summed E-state index contributed by atoms with van der Waals surface area (Å²) in [5.74, 6) is 0. The van der Waals surface area contributed by atoms with Crippen LogP contribution in [0.25, 0.3) is 0 Å². The summed E-state index contributed by atoms with van der Waals surface area (Å²) in [6, 6.07) is 4.07. The number of thiophene rings is 1. The standard InChI is InChI=1S/C10H15ClN2OS2/c1-7(6-14-2)13-10(15)12-5-8-3-4-9(11)16-8/h3-4,7H,5-6H2,1-2H3,(H2,12,13,15). The van der Waals surface area contributed by atoms with Crippen LogP contribution in [-0.2, 0) is 11.3 Å². The van der Waals surface area contributed by atoms with Gasteiger partial charge in [0.1, 0.15) is 0 Å². The quantitative estimate of drug-likeness (QED) is 0.811. The van der Waals surface area contributed by atoms with Crippen LogP contribution in [0.4, 0.5) is 0 Å². The first-order chi connectivity index (χ1) is 7.61. The molecular formula is C10H15ClN2OS2. The van der Waals surface area contributed by atoms with Gasteiger partial charge in [-0.05, 0) is 31.3 Å². The second kappa shape index (κ2) is 7.06. The molecule has 3 nitrogen and oxygen atoms in total. The third-order valence-corrected chi connectivity index (χ3v) is 3.34. The van der Waals surface area contributed by atoms with E-state index in [0.29, 0.717) is 18.3 Å². The van der Waals surface area contributed by atoms with E-state index in [2.05, 4.69) is 10.6 Å². The first-order valence-electron chi connectivity index (χ1n) is 4.89. The fourth-order valence-electron chi connectivity index (χ4n) is 1.18. The van der Waals surface area contributed by atoms with E-state index in [1.165, 1.54) is 0 Å². The number of nitrogens with one attached hydrogen (secondary N) is 2. The minimum Gasteiger partial charge on any atom is -0.383 e. The van der Waals surface area contributed by atoms with Gasteiger partial charge in [0.25, 0.3) is 0 Å². The first-order valence-corrected chi connectivity index (χ1v) is 6.49. The van der Waals surface area contributed by atoms with Gasteiger partial charge in [0.2, 0.25) is 0 Å². The Morgan fingerprint density at radius 3 is 2.94 bits per heavy atom. The Morgan fingerprint density at radius 1 is 1.62 bits per heavy atom. The van der Waals surface area contributed by atoms with Gasteiger partial charge in [0, 0.05) is 18.0 Å². The van der Waals surface area contributed by atoms with E-state index in [1.807, 2.05) is 19.1 Å². The Hall–Kier alpha value is -0.360. The summed E-state index contributed by atoms with van der Waals surface area (Å²) in [5.41, 5.74) is 0. The molecule has 0 spiro atoms. The molecule has 1 heterocycles. The average Bonchev–Trinajstić information content (AvgIpc) is 2.61. The van der Waals surface area contributed by atoms with Crippen molar-refractivity contribution in [1.29, 1.82) is 0 Å². The van der Waals surface area contributed by atoms with Gasteiger partial charge >= 0.3 is 0 Å². The molecule has 1 aromatic rings. The number of ether oxygens (including phenoxy) is 1. The van der Waals surface area contributed by atoms with Crippen molar-refractivity contribution in [3.8, 4) is 0 Å². The second-order valence-corrected chi connectivity index (χ2v) is 5.60. The predicted octanol–water partition coefficient (Wildman–Crippen LogP) is 2.40. The highest BCUT2D eigenvalue weighted by Gasteiger charge is 2.03. The summed E-state index contributed by atoms with van der Waals surface area (Å²) in [6.07, 6.45) is 0. The van der Waals surface area contributed by atoms with Crippen molar-refractivity contribution >= 4 is 40.3 Å². The van der Waals surface area contributed by atoms with Crippen LogP contribution in [-0.4, -0.2) is 24.9 Å². The Kier molecular flexibility index (Phi) is 6.05. The van der Waals surface area contributed by atoms with Crippen molar-refractivity contribution in [3.05, 3.63) is 21.3 Å².